The van der Waals surface area contributed by atoms with E-state index < -0.39 is 42.2 Å². The van der Waals surface area contributed by atoms with Crippen molar-refractivity contribution in [3.05, 3.63) is 78.1 Å². The number of halogens is 1. The molecule has 1 saturated heterocycles. The SMILES string of the molecule is O=C(COC(=O)[C@@H](Cc1ccccc1)N1C(=O)[C@H]2CC=CC[C@H]2C1=O)Nc1ccc(F)cc1. The molecule has 7 nitrogen and oxygen atoms in total. The Hall–Kier alpha value is -3.81. The number of benzene rings is 2. The maximum atomic E-state index is 13.0. The van der Waals surface area contributed by atoms with Crippen LogP contribution in [0.5, 0.6) is 0 Å². The van der Waals surface area contributed by atoms with E-state index in [0.717, 1.165) is 10.5 Å². The number of allylic oxidation sites excluding steroid dienone is 2. The zero-order valence-electron chi connectivity index (χ0n) is 17.8. The van der Waals surface area contributed by atoms with Crippen LogP contribution in [-0.2, 0) is 30.3 Å². The van der Waals surface area contributed by atoms with Crippen LogP contribution in [0.4, 0.5) is 10.1 Å². The van der Waals surface area contributed by atoms with Crippen molar-refractivity contribution in [3.63, 3.8) is 0 Å². The van der Waals surface area contributed by atoms with Gasteiger partial charge in [0.1, 0.15) is 11.9 Å². The molecular weight excluding hydrogens is 427 g/mol. The van der Waals surface area contributed by atoms with E-state index in [9.17, 15) is 23.6 Å². The second-order valence-electron chi connectivity index (χ2n) is 8.07. The molecule has 0 bridgehead atoms. The van der Waals surface area contributed by atoms with Gasteiger partial charge in [-0.2, -0.15) is 0 Å². The predicted octanol–water partition coefficient (Wildman–Crippen LogP) is 2.87. The second-order valence-corrected chi connectivity index (χ2v) is 8.07. The Morgan fingerprint density at radius 2 is 1.58 bits per heavy atom. The Kier molecular flexibility index (Phi) is 6.63. The quantitative estimate of drug-likeness (QED) is 0.398. The highest BCUT2D eigenvalue weighted by Gasteiger charge is 2.51. The number of amides is 3. The number of hydrogen-bond donors (Lipinski definition) is 1. The van der Waals surface area contributed by atoms with Crippen molar-refractivity contribution in [1.82, 2.24) is 4.90 Å². The first-order valence-corrected chi connectivity index (χ1v) is 10.7. The summed E-state index contributed by atoms with van der Waals surface area (Å²) in [5.74, 6) is -3.62. The third-order valence-corrected chi connectivity index (χ3v) is 5.87. The summed E-state index contributed by atoms with van der Waals surface area (Å²) in [5, 5.41) is 2.50. The fourth-order valence-corrected chi connectivity index (χ4v) is 4.21. The zero-order valence-corrected chi connectivity index (χ0v) is 17.8. The van der Waals surface area contributed by atoms with Gasteiger partial charge in [0, 0.05) is 12.1 Å². The smallest absolute Gasteiger partial charge is 0.330 e. The van der Waals surface area contributed by atoms with Gasteiger partial charge in [-0.3, -0.25) is 19.3 Å². The van der Waals surface area contributed by atoms with E-state index in [0.29, 0.717) is 18.5 Å². The lowest BCUT2D eigenvalue weighted by molar-refractivity contribution is -0.159. The molecule has 3 amide bonds. The number of fused-ring (bicyclic) bond motifs is 1. The van der Waals surface area contributed by atoms with Crippen molar-refractivity contribution in [1.29, 1.82) is 0 Å². The lowest BCUT2D eigenvalue weighted by Gasteiger charge is -2.25. The summed E-state index contributed by atoms with van der Waals surface area (Å²) in [4.78, 5) is 52.3. The summed E-state index contributed by atoms with van der Waals surface area (Å²) in [6.07, 6.45) is 4.75. The van der Waals surface area contributed by atoms with E-state index in [1.165, 1.54) is 24.3 Å². The number of likely N-dealkylation sites (tertiary alicyclic amines) is 1. The van der Waals surface area contributed by atoms with Crippen molar-refractivity contribution in [2.45, 2.75) is 25.3 Å². The fraction of sp³-hybridized carbons (Fsp3) is 0.280. The van der Waals surface area contributed by atoms with Gasteiger partial charge in [0.05, 0.1) is 11.8 Å². The van der Waals surface area contributed by atoms with Crippen LogP contribution < -0.4 is 5.32 Å². The number of ether oxygens (including phenoxy) is 1. The molecule has 0 unspecified atom stereocenters. The first kappa shape index (κ1) is 22.4. The van der Waals surface area contributed by atoms with Gasteiger partial charge in [-0.05, 0) is 42.7 Å². The van der Waals surface area contributed by atoms with Crippen LogP contribution in [0, 0.1) is 17.7 Å². The first-order valence-electron chi connectivity index (χ1n) is 10.7. The number of nitrogens with zero attached hydrogens (tertiary/aromatic N) is 1. The molecule has 0 radical (unpaired) electrons. The molecule has 0 saturated carbocycles. The van der Waals surface area contributed by atoms with E-state index in [4.69, 9.17) is 4.74 Å². The molecule has 4 rings (SSSR count). The minimum atomic E-state index is -1.17. The predicted molar refractivity (Wildman–Crippen MR) is 117 cm³/mol. The average molecular weight is 450 g/mol. The molecule has 33 heavy (non-hydrogen) atoms. The number of rotatable bonds is 7. The molecule has 3 atom stereocenters. The van der Waals surface area contributed by atoms with Gasteiger partial charge in [0.2, 0.25) is 11.8 Å². The summed E-state index contributed by atoms with van der Waals surface area (Å²) in [5.41, 5.74) is 1.10. The van der Waals surface area contributed by atoms with Crippen LogP contribution in [0.15, 0.2) is 66.7 Å². The molecule has 1 fully saturated rings. The highest BCUT2D eigenvalue weighted by atomic mass is 19.1. The molecule has 1 aliphatic heterocycles. The molecule has 0 aromatic heterocycles. The lowest BCUT2D eigenvalue weighted by Crippen LogP contribution is -2.48. The summed E-state index contributed by atoms with van der Waals surface area (Å²) in [6, 6.07) is 13.0. The first-order chi connectivity index (χ1) is 15.9. The van der Waals surface area contributed by atoms with Crippen molar-refractivity contribution >= 4 is 29.4 Å². The van der Waals surface area contributed by atoms with Crippen LogP contribution in [0.25, 0.3) is 0 Å². The van der Waals surface area contributed by atoms with Gasteiger partial charge >= 0.3 is 5.97 Å². The molecule has 1 aliphatic carbocycles. The summed E-state index contributed by atoms with van der Waals surface area (Å²) >= 11 is 0. The Labute approximate surface area is 190 Å². The molecule has 2 aliphatic rings. The molecule has 1 heterocycles. The number of esters is 1. The minimum Gasteiger partial charge on any atom is -0.454 e. The molecule has 170 valence electrons. The molecule has 2 aromatic rings. The lowest BCUT2D eigenvalue weighted by atomic mass is 9.85. The summed E-state index contributed by atoms with van der Waals surface area (Å²) in [6.45, 7) is -0.605. The third kappa shape index (κ3) is 5.00. The number of carbonyl (C=O) groups excluding carboxylic acids is 4. The highest BCUT2D eigenvalue weighted by molar-refractivity contribution is 6.08. The van der Waals surface area contributed by atoms with Gasteiger partial charge in [-0.1, -0.05) is 42.5 Å². The van der Waals surface area contributed by atoms with Crippen molar-refractivity contribution < 1.29 is 28.3 Å². The molecular formula is C25H23FN2O5. The minimum absolute atomic E-state index is 0.0869. The Morgan fingerprint density at radius 3 is 2.18 bits per heavy atom. The molecule has 8 heteroatoms. The largest absolute Gasteiger partial charge is 0.454 e. The van der Waals surface area contributed by atoms with E-state index in [-0.39, 0.29) is 18.2 Å². The second kappa shape index (κ2) is 9.77. The number of anilines is 1. The highest BCUT2D eigenvalue weighted by Crippen LogP contribution is 2.36. The molecule has 2 aromatic carbocycles. The maximum absolute atomic E-state index is 13.0. The van der Waals surface area contributed by atoms with Crippen molar-refractivity contribution in [2.24, 2.45) is 11.8 Å². The zero-order chi connectivity index (χ0) is 23.4. The van der Waals surface area contributed by atoms with Crippen LogP contribution >= 0.6 is 0 Å². The van der Waals surface area contributed by atoms with Crippen LogP contribution in [0.1, 0.15) is 18.4 Å². The van der Waals surface area contributed by atoms with Gasteiger partial charge in [0.15, 0.2) is 6.61 Å². The van der Waals surface area contributed by atoms with Crippen molar-refractivity contribution in [2.75, 3.05) is 11.9 Å². The Balaban J connectivity index is 1.48. The fourth-order valence-electron chi connectivity index (χ4n) is 4.21. The average Bonchev–Trinajstić information content (AvgIpc) is 3.08. The monoisotopic (exact) mass is 450 g/mol. The van der Waals surface area contributed by atoms with E-state index >= 15 is 0 Å². The van der Waals surface area contributed by atoms with Crippen LogP contribution in [-0.4, -0.2) is 41.2 Å². The normalized spacial score (nSPS) is 20.3. The Morgan fingerprint density at radius 1 is 0.970 bits per heavy atom. The molecule has 1 N–H and O–H groups in total. The van der Waals surface area contributed by atoms with E-state index in [1.807, 2.05) is 18.2 Å². The number of imide groups is 1. The van der Waals surface area contributed by atoms with Gasteiger partial charge in [0.25, 0.3) is 5.91 Å². The summed E-state index contributed by atoms with van der Waals surface area (Å²) in [7, 11) is 0. The Bertz CT molecular complexity index is 1060. The van der Waals surface area contributed by atoms with Gasteiger partial charge in [-0.25, -0.2) is 9.18 Å². The third-order valence-electron chi connectivity index (χ3n) is 5.87. The van der Waals surface area contributed by atoms with E-state index in [2.05, 4.69) is 5.32 Å². The number of carbonyl (C=O) groups is 4. The number of hydrogen-bond acceptors (Lipinski definition) is 5. The summed E-state index contributed by atoms with van der Waals surface area (Å²) < 4.78 is 18.2. The standard InChI is InChI=1S/C25H23FN2O5/c26-17-10-12-18(13-11-17)27-22(29)15-33-25(32)21(14-16-6-2-1-3-7-16)28-23(30)19-8-4-5-9-20(19)24(28)31/h1-7,10-13,19-21H,8-9,14-15H2,(H,27,29)/t19-,20+,21-/m1/s1. The van der Waals surface area contributed by atoms with E-state index in [1.54, 1.807) is 24.3 Å². The topological polar surface area (TPSA) is 92.8 Å². The van der Waals surface area contributed by atoms with Crippen LogP contribution in [0.2, 0.25) is 0 Å². The van der Waals surface area contributed by atoms with Crippen LogP contribution in [0.3, 0.4) is 0 Å². The number of nitrogens with one attached hydrogen (secondary N) is 1. The molecule has 0 spiro atoms. The maximum Gasteiger partial charge on any atom is 0.330 e. The van der Waals surface area contributed by atoms with Crippen molar-refractivity contribution in [3.8, 4) is 0 Å². The van der Waals surface area contributed by atoms with Gasteiger partial charge < -0.3 is 10.1 Å². The van der Waals surface area contributed by atoms with Gasteiger partial charge in [-0.15, -0.1) is 0 Å².